The van der Waals surface area contributed by atoms with Crippen molar-refractivity contribution in [2.24, 2.45) is 0 Å². The molecule has 0 unspecified atom stereocenters. The third-order valence-corrected chi connectivity index (χ3v) is 6.02. The van der Waals surface area contributed by atoms with Gasteiger partial charge < -0.3 is 9.80 Å². The molecule has 0 spiro atoms. The van der Waals surface area contributed by atoms with Crippen LogP contribution in [0, 0.1) is 0 Å². The Balaban J connectivity index is 1.28. The Kier molecular flexibility index (Phi) is 6.30. The number of hydrogen-bond donors (Lipinski definition) is 1. The first-order chi connectivity index (χ1) is 14.6. The molecule has 2 amide bonds. The Labute approximate surface area is 184 Å². The predicted molar refractivity (Wildman–Crippen MR) is 120 cm³/mol. The van der Waals surface area contributed by atoms with E-state index in [1.807, 2.05) is 52.7 Å². The largest absolute Gasteiger partial charge is 0.368 e. The molecule has 1 fully saturated rings. The molecule has 1 aliphatic heterocycles. The summed E-state index contributed by atoms with van der Waals surface area (Å²) in [5, 5.41) is 5.83. The molecule has 0 atom stereocenters. The maximum Gasteiger partial charge on any atom is 0.257 e. The lowest BCUT2D eigenvalue weighted by Gasteiger charge is -2.36. The Morgan fingerprint density at radius 2 is 1.70 bits per heavy atom. The van der Waals surface area contributed by atoms with Gasteiger partial charge in [0.05, 0.1) is 12.1 Å². The smallest absolute Gasteiger partial charge is 0.257 e. The van der Waals surface area contributed by atoms with Gasteiger partial charge in [-0.3, -0.25) is 14.9 Å². The third kappa shape index (κ3) is 4.98. The standard InChI is InChI=1S/C22H21ClN4O2S/c23-17-6-8-19(9-7-17)26-10-12-27(13-11-26)20(28)14-18-15-30-22(24-18)25-21(29)16-4-2-1-3-5-16/h1-9,15H,10-14H2,(H,24,25,29). The number of rotatable bonds is 5. The molecule has 6 nitrogen and oxygen atoms in total. The summed E-state index contributed by atoms with van der Waals surface area (Å²) in [6.45, 7) is 2.90. The first-order valence-electron chi connectivity index (χ1n) is 9.67. The highest BCUT2D eigenvalue weighted by molar-refractivity contribution is 7.14. The minimum Gasteiger partial charge on any atom is -0.368 e. The number of anilines is 2. The molecule has 0 radical (unpaired) electrons. The van der Waals surface area contributed by atoms with Gasteiger partial charge >= 0.3 is 0 Å². The molecule has 1 aromatic heterocycles. The molecular weight excluding hydrogens is 420 g/mol. The van der Waals surface area contributed by atoms with Gasteiger partial charge in [0.1, 0.15) is 0 Å². The fourth-order valence-electron chi connectivity index (χ4n) is 3.34. The van der Waals surface area contributed by atoms with Crippen molar-refractivity contribution in [2.75, 3.05) is 36.4 Å². The van der Waals surface area contributed by atoms with E-state index in [1.54, 1.807) is 12.1 Å². The van der Waals surface area contributed by atoms with Crippen LogP contribution < -0.4 is 10.2 Å². The second-order valence-electron chi connectivity index (χ2n) is 6.99. The van der Waals surface area contributed by atoms with Gasteiger partial charge in [0.15, 0.2) is 5.13 Å². The van der Waals surface area contributed by atoms with Crippen molar-refractivity contribution in [1.29, 1.82) is 0 Å². The van der Waals surface area contributed by atoms with Crippen LogP contribution in [0.5, 0.6) is 0 Å². The monoisotopic (exact) mass is 440 g/mol. The fourth-order valence-corrected chi connectivity index (χ4v) is 4.17. The van der Waals surface area contributed by atoms with Crippen molar-refractivity contribution < 1.29 is 9.59 Å². The average molecular weight is 441 g/mol. The number of carbonyl (C=O) groups is 2. The van der Waals surface area contributed by atoms with Crippen LogP contribution in [0.15, 0.2) is 60.0 Å². The Bertz CT molecular complexity index is 1020. The van der Waals surface area contributed by atoms with E-state index < -0.39 is 0 Å². The molecule has 4 rings (SSSR count). The molecule has 0 saturated carbocycles. The molecular formula is C22H21ClN4O2S. The Hall–Kier alpha value is -2.90. The normalized spacial score (nSPS) is 13.9. The topological polar surface area (TPSA) is 65.5 Å². The summed E-state index contributed by atoms with van der Waals surface area (Å²) < 4.78 is 0. The third-order valence-electron chi connectivity index (χ3n) is 4.96. The minimum atomic E-state index is -0.207. The van der Waals surface area contributed by atoms with Crippen LogP contribution >= 0.6 is 22.9 Å². The van der Waals surface area contributed by atoms with Crippen LogP contribution in [-0.2, 0) is 11.2 Å². The summed E-state index contributed by atoms with van der Waals surface area (Å²) in [5.74, 6) is -0.155. The van der Waals surface area contributed by atoms with E-state index in [9.17, 15) is 9.59 Å². The van der Waals surface area contributed by atoms with Crippen molar-refractivity contribution in [3.05, 3.63) is 76.3 Å². The fraction of sp³-hybridized carbons (Fsp3) is 0.227. The molecule has 1 saturated heterocycles. The van der Waals surface area contributed by atoms with E-state index in [4.69, 9.17) is 11.6 Å². The maximum absolute atomic E-state index is 12.7. The lowest BCUT2D eigenvalue weighted by Crippen LogP contribution is -2.49. The summed E-state index contributed by atoms with van der Waals surface area (Å²) >= 11 is 7.28. The van der Waals surface area contributed by atoms with E-state index in [1.165, 1.54) is 11.3 Å². The van der Waals surface area contributed by atoms with Crippen molar-refractivity contribution in [3.63, 3.8) is 0 Å². The minimum absolute atomic E-state index is 0.0528. The zero-order valence-electron chi connectivity index (χ0n) is 16.3. The number of aromatic nitrogens is 1. The van der Waals surface area contributed by atoms with Crippen LogP contribution in [0.1, 0.15) is 16.1 Å². The van der Waals surface area contributed by atoms with Gasteiger partial charge in [0.25, 0.3) is 5.91 Å². The highest BCUT2D eigenvalue weighted by Gasteiger charge is 2.22. The van der Waals surface area contributed by atoms with E-state index >= 15 is 0 Å². The molecule has 0 aliphatic carbocycles. The predicted octanol–water partition coefficient (Wildman–Crippen LogP) is 3.94. The zero-order chi connectivity index (χ0) is 20.9. The Morgan fingerprint density at radius 1 is 1.00 bits per heavy atom. The molecule has 30 heavy (non-hydrogen) atoms. The van der Waals surface area contributed by atoms with Gasteiger partial charge in [-0.05, 0) is 36.4 Å². The molecule has 2 aromatic carbocycles. The van der Waals surface area contributed by atoms with Crippen LogP contribution in [0.3, 0.4) is 0 Å². The molecule has 1 N–H and O–H groups in total. The van der Waals surface area contributed by atoms with Gasteiger partial charge in [-0.1, -0.05) is 29.8 Å². The first kappa shape index (κ1) is 20.4. The molecule has 8 heteroatoms. The van der Waals surface area contributed by atoms with E-state index in [0.717, 1.165) is 23.8 Å². The van der Waals surface area contributed by atoms with E-state index in [0.29, 0.717) is 29.5 Å². The summed E-state index contributed by atoms with van der Waals surface area (Å²) in [6, 6.07) is 16.7. The number of nitrogens with zero attached hydrogens (tertiary/aromatic N) is 3. The number of amides is 2. The second kappa shape index (κ2) is 9.28. The molecule has 0 bridgehead atoms. The van der Waals surface area contributed by atoms with Gasteiger partial charge in [-0.25, -0.2) is 4.98 Å². The molecule has 1 aliphatic rings. The number of carbonyl (C=O) groups excluding carboxylic acids is 2. The van der Waals surface area contributed by atoms with Crippen molar-refractivity contribution in [2.45, 2.75) is 6.42 Å². The Morgan fingerprint density at radius 3 is 2.40 bits per heavy atom. The van der Waals surface area contributed by atoms with Gasteiger partial charge in [0, 0.05) is 47.8 Å². The number of thiazole rings is 1. The number of halogens is 1. The quantitative estimate of drug-likeness (QED) is 0.652. The lowest BCUT2D eigenvalue weighted by molar-refractivity contribution is -0.130. The SMILES string of the molecule is O=C(Nc1nc(CC(=O)N2CCN(c3ccc(Cl)cc3)CC2)cs1)c1ccccc1. The zero-order valence-corrected chi connectivity index (χ0v) is 17.8. The van der Waals surface area contributed by atoms with Crippen LogP contribution in [0.4, 0.5) is 10.8 Å². The number of nitrogens with one attached hydrogen (secondary N) is 1. The molecule has 2 heterocycles. The summed E-state index contributed by atoms with van der Waals surface area (Å²) in [5.41, 5.74) is 2.36. The van der Waals surface area contributed by atoms with Gasteiger partial charge in [-0.15, -0.1) is 11.3 Å². The van der Waals surface area contributed by atoms with Gasteiger partial charge in [0.2, 0.25) is 5.91 Å². The number of hydrogen-bond acceptors (Lipinski definition) is 5. The van der Waals surface area contributed by atoms with Crippen molar-refractivity contribution >= 4 is 45.6 Å². The summed E-state index contributed by atoms with van der Waals surface area (Å²) in [6.07, 6.45) is 0.235. The van der Waals surface area contributed by atoms with Crippen molar-refractivity contribution in [3.8, 4) is 0 Å². The number of benzene rings is 2. The van der Waals surface area contributed by atoms with E-state index in [2.05, 4.69) is 15.2 Å². The maximum atomic E-state index is 12.7. The van der Waals surface area contributed by atoms with Crippen LogP contribution in [0.2, 0.25) is 5.02 Å². The highest BCUT2D eigenvalue weighted by Crippen LogP contribution is 2.21. The first-order valence-corrected chi connectivity index (χ1v) is 10.9. The second-order valence-corrected chi connectivity index (χ2v) is 8.28. The average Bonchev–Trinajstić information content (AvgIpc) is 3.21. The van der Waals surface area contributed by atoms with Crippen molar-refractivity contribution in [1.82, 2.24) is 9.88 Å². The highest BCUT2D eigenvalue weighted by atomic mass is 35.5. The molecule has 3 aromatic rings. The summed E-state index contributed by atoms with van der Waals surface area (Å²) in [4.78, 5) is 33.4. The number of piperazine rings is 1. The van der Waals surface area contributed by atoms with Gasteiger partial charge in [-0.2, -0.15) is 0 Å². The molecule has 154 valence electrons. The van der Waals surface area contributed by atoms with Crippen LogP contribution in [0.25, 0.3) is 0 Å². The lowest BCUT2D eigenvalue weighted by atomic mass is 10.2. The summed E-state index contributed by atoms with van der Waals surface area (Å²) in [7, 11) is 0. The van der Waals surface area contributed by atoms with Crippen LogP contribution in [-0.4, -0.2) is 47.9 Å². The van der Waals surface area contributed by atoms with E-state index in [-0.39, 0.29) is 18.2 Å².